The number of nitrogens with one attached hydrogen (secondary N) is 2. The lowest BCUT2D eigenvalue weighted by atomic mass is 10.0. The first kappa shape index (κ1) is 31.2. The molecule has 0 aliphatic heterocycles. The van der Waals surface area contributed by atoms with Gasteiger partial charge >= 0.3 is 0 Å². The van der Waals surface area contributed by atoms with Crippen LogP contribution in [0.2, 0.25) is 0 Å². The van der Waals surface area contributed by atoms with Crippen molar-refractivity contribution in [1.82, 2.24) is 10.6 Å². The molecule has 4 heteroatoms. The highest BCUT2D eigenvalue weighted by molar-refractivity contribution is 5.77. The van der Waals surface area contributed by atoms with Gasteiger partial charge in [0.1, 0.15) is 0 Å². The third kappa shape index (κ3) is 19.1. The Hall–Kier alpha value is -1.84. The summed E-state index contributed by atoms with van der Waals surface area (Å²) in [6.07, 6.45) is 21.6. The lowest BCUT2D eigenvalue weighted by molar-refractivity contribution is -0.123. The van der Waals surface area contributed by atoms with Crippen LogP contribution >= 0.6 is 0 Å². The van der Waals surface area contributed by atoms with Gasteiger partial charge in [-0.1, -0.05) is 134 Å². The van der Waals surface area contributed by atoms with E-state index in [1.807, 2.05) is 18.2 Å². The van der Waals surface area contributed by atoms with Crippen molar-refractivity contribution in [3.8, 4) is 0 Å². The fourth-order valence-corrected chi connectivity index (χ4v) is 4.54. The summed E-state index contributed by atoms with van der Waals surface area (Å²) in [4.78, 5) is 25.0. The normalized spacial score (nSPS) is 11.8. The first-order chi connectivity index (χ1) is 17.2. The number of unbranched alkanes of at least 4 members (excludes halogenated alkanes) is 14. The molecule has 0 radical (unpaired) electrons. The monoisotopic (exact) mass is 486 g/mol. The molecule has 200 valence electrons. The number of hydrogen-bond acceptors (Lipinski definition) is 2. The smallest absolute Gasteiger partial charge is 0.220 e. The lowest BCUT2D eigenvalue weighted by Gasteiger charge is -2.20. The Balaban J connectivity index is 2.28. The van der Waals surface area contributed by atoms with Crippen LogP contribution in [-0.2, 0) is 16.0 Å². The van der Waals surface area contributed by atoms with Crippen LogP contribution in [0, 0.1) is 0 Å². The van der Waals surface area contributed by atoms with Crippen LogP contribution in [0.1, 0.15) is 135 Å². The molecular weight excluding hydrogens is 432 g/mol. The summed E-state index contributed by atoms with van der Waals surface area (Å²) in [7, 11) is 0. The Bertz CT molecular complexity index is 632. The predicted octanol–water partition coefficient (Wildman–Crippen LogP) is 7.89. The lowest BCUT2D eigenvalue weighted by Crippen LogP contribution is -2.45. The van der Waals surface area contributed by atoms with Crippen LogP contribution in [0.4, 0.5) is 0 Å². The number of benzene rings is 1. The summed E-state index contributed by atoms with van der Waals surface area (Å²) >= 11 is 0. The van der Waals surface area contributed by atoms with Crippen LogP contribution < -0.4 is 10.6 Å². The van der Waals surface area contributed by atoms with E-state index in [9.17, 15) is 9.59 Å². The van der Waals surface area contributed by atoms with Crippen molar-refractivity contribution < 1.29 is 9.59 Å². The molecule has 1 aromatic carbocycles. The fraction of sp³-hybridized carbons (Fsp3) is 0.742. The summed E-state index contributed by atoms with van der Waals surface area (Å²) in [5, 5.41) is 6.26. The molecule has 2 amide bonds. The third-order valence-electron chi connectivity index (χ3n) is 6.75. The molecule has 0 saturated heterocycles. The molecule has 0 unspecified atom stereocenters. The SMILES string of the molecule is CCCCCCCCCCC(=O)NC[C@H](Cc1ccccc1)NC(=O)CCCCCCCCCC. The van der Waals surface area contributed by atoms with E-state index in [1.54, 1.807) is 0 Å². The number of carbonyl (C=O) groups excluding carboxylic acids is 2. The zero-order valence-corrected chi connectivity index (χ0v) is 22.9. The van der Waals surface area contributed by atoms with Crippen LogP contribution in [0.5, 0.6) is 0 Å². The van der Waals surface area contributed by atoms with Gasteiger partial charge in [0.25, 0.3) is 0 Å². The summed E-state index contributed by atoms with van der Waals surface area (Å²) in [5.74, 6) is 0.209. The van der Waals surface area contributed by atoms with Gasteiger partial charge in [0, 0.05) is 19.4 Å². The molecule has 1 atom stereocenters. The van der Waals surface area contributed by atoms with E-state index < -0.39 is 0 Å². The molecule has 1 aromatic rings. The van der Waals surface area contributed by atoms with Crippen molar-refractivity contribution in [1.29, 1.82) is 0 Å². The second kappa shape index (κ2) is 22.6. The number of rotatable bonds is 23. The van der Waals surface area contributed by atoms with E-state index in [0.717, 1.165) is 32.1 Å². The zero-order valence-electron chi connectivity index (χ0n) is 22.9. The van der Waals surface area contributed by atoms with Gasteiger partial charge in [-0.15, -0.1) is 0 Å². The number of amides is 2. The van der Waals surface area contributed by atoms with Crippen molar-refractivity contribution in [2.75, 3.05) is 6.54 Å². The maximum Gasteiger partial charge on any atom is 0.220 e. The maximum atomic E-state index is 12.6. The van der Waals surface area contributed by atoms with E-state index in [4.69, 9.17) is 0 Å². The van der Waals surface area contributed by atoms with Crippen molar-refractivity contribution in [2.45, 2.75) is 142 Å². The highest BCUT2D eigenvalue weighted by Gasteiger charge is 2.14. The quantitative estimate of drug-likeness (QED) is 0.154. The van der Waals surface area contributed by atoms with Crippen LogP contribution in [-0.4, -0.2) is 24.4 Å². The van der Waals surface area contributed by atoms with Crippen molar-refractivity contribution in [3.63, 3.8) is 0 Å². The Morgan fingerprint density at radius 3 is 1.60 bits per heavy atom. The maximum absolute atomic E-state index is 12.6. The van der Waals surface area contributed by atoms with Gasteiger partial charge < -0.3 is 10.6 Å². The first-order valence-corrected chi connectivity index (χ1v) is 14.8. The average molecular weight is 487 g/mol. The Kier molecular flexibility index (Phi) is 20.2. The topological polar surface area (TPSA) is 58.2 Å². The molecule has 0 fully saturated rings. The standard InChI is InChI=1S/C31H54N2O2/c1-3-5-7-9-11-13-15-20-24-30(34)32-27-29(26-28-22-18-17-19-23-28)33-31(35)25-21-16-14-12-10-8-6-4-2/h17-19,22-23,29H,3-16,20-21,24-27H2,1-2H3,(H,32,34)(H,33,35)/t29-/m0/s1. The predicted molar refractivity (Wildman–Crippen MR) is 150 cm³/mol. The van der Waals surface area contributed by atoms with E-state index in [0.29, 0.717) is 19.4 Å². The molecule has 35 heavy (non-hydrogen) atoms. The first-order valence-electron chi connectivity index (χ1n) is 14.8. The largest absolute Gasteiger partial charge is 0.354 e. The zero-order chi connectivity index (χ0) is 25.4. The molecule has 0 spiro atoms. The number of carbonyl (C=O) groups is 2. The van der Waals surface area contributed by atoms with Crippen LogP contribution in [0.15, 0.2) is 30.3 Å². The Morgan fingerprint density at radius 1 is 0.629 bits per heavy atom. The molecule has 0 saturated carbocycles. The molecule has 0 aliphatic carbocycles. The average Bonchev–Trinajstić information content (AvgIpc) is 2.86. The second-order valence-corrected chi connectivity index (χ2v) is 10.2. The molecule has 1 rings (SSSR count). The van der Waals surface area contributed by atoms with Crippen LogP contribution in [0.3, 0.4) is 0 Å². The fourth-order valence-electron chi connectivity index (χ4n) is 4.54. The van der Waals surface area contributed by atoms with Gasteiger partial charge in [0.2, 0.25) is 11.8 Å². The Morgan fingerprint density at radius 2 is 1.09 bits per heavy atom. The summed E-state index contributed by atoms with van der Waals surface area (Å²) in [5.41, 5.74) is 1.18. The molecular formula is C31H54N2O2. The molecule has 0 aromatic heterocycles. The van der Waals surface area contributed by atoms with Crippen molar-refractivity contribution >= 4 is 11.8 Å². The summed E-state index contributed by atoms with van der Waals surface area (Å²) < 4.78 is 0. The van der Waals surface area contributed by atoms with E-state index >= 15 is 0 Å². The van der Waals surface area contributed by atoms with Crippen molar-refractivity contribution in [2.24, 2.45) is 0 Å². The summed E-state index contributed by atoms with van der Waals surface area (Å²) in [6.45, 7) is 4.98. The van der Waals surface area contributed by atoms with Gasteiger partial charge in [-0.3, -0.25) is 9.59 Å². The van der Waals surface area contributed by atoms with Gasteiger partial charge in [0.15, 0.2) is 0 Å². The van der Waals surface area contributed by atoms with Gasteiger partial charge in [-0.05, 0) is 24.8 Å². The minimum Gasteiger partial charge on any atom is -0.354 e. The minimum atomic E-state index is -0.0681. The van der Waals surface area contributed by atoms with Gasteiger partial charge in [-0.2, -0.15) is 0 Å². The molecule has 0 aliphatic rings. The number of hydrogen-bond donors (Lipinski definition) is 2. The molecule has 4 nitrogen and oxygen atoms in total. The Labute approximate surface area is 216 Å². The van der Waals surface area contributed by atoms with Gasteiger partial charge in [0.05, 0.1) is 6.04 Å². The highest BCUT2D eigenvalue weighted by atomic mass is 16.2. The van der Waals surface area contributed by atoms with E-state index in [2.05, 4.69) is 36.6 Å². The third-order valence-corrected chi connectivity index (χ3v) is 6.75. The van der Waals surface area contributed by atoms with Crippen molar-refractivity contribution in [3.05, 3.63) is 35.9 Å². The molecule has 0 bridgehead atoms. The van der Waals surface area contributed by atoms with Crippen LogP contribution in [0.25, 0.3) is 0 Å². The van der Waals surface area contributed by atoms with E-state index in [1.165, 1.54) is 82.6 Å². The molecule has 0 heterocycles. The highest BCUT2D eigenvalue weighted by Crippen LogP contribution is 2.11. The van der Waals surface area contributed by atoms with Gasteiger partial charge in [-0.25, -0.2) is 0 Å². The minimum absolute atomic E-state index is 0.0681. The summed E-state index contributed by atoms with van der Waals surface area (Å²) in [6, 6.07) is 10.2. The molecule has 2 N–H and O–H groups in total. The van der Waals surface area contributed by atoms with E-state index in [-0.39, 0.29) is 17.9 Å². The second-order valence-electron chi connectivity index (χ2n) is 10.2.